The van der Waals surface area contributed by atoms with Crippen LogP contribution in [-0.2, 0) is 6.54 Å². The van der Waals surface area contributed by atoms with Crippen LogP contribution >= 0.6 is 27.7 Å². The molecule has 1 aromatic carbocycles. The van der Waals surface area contributed by atoms with E-state index in [1.54, 1.807) is 0 Å². The molecule has 0 bridgehead atoms. The van der Waals surface area contributed by atoms with Crippen molar-refractivity contribution in [1.82, 2.24) is 5.32 Å². The standard InChI is InChI=1S/C11H16BrNS/c1-9-3-4-10(7-11(9)12)8-13-5-6-14-2/h3-4,7,13H,5-6,8H2,1-2H3. The molecular weight excluding hydrogens is 258 g/mol. The molecule has 0 fully saturated rings. The van der Waals surface area contributed by atoms with Crippen LogP contribution in [0.3, 0.4) is 0 Å². The van der Waals surface area contributed by atoms with E-state index in [1.807, 2.05) is 11.8 Å². The maximum Gasteiger partial charge on any atom is 0.0207 e. The maximum absolute atomic E-state index is 3.54. The third kappa shape index (κ3) is 4.03. The number of rotatable bonds is 5. The molecule has 3 heteroatoms. The van der Waals surface area contributed by atoms with E-state index in [-0.39, 0.29) is 0 Å². The summed E-state index contributed by atoms with van der Waals surface area (Å²) in [7, 11) is 0. The smallest absolute Gasteiger partial charge is 0.0207 e. The van der Waals surface area contributed by atoms with Crippen LogP contribution in [0, 0.1) is 6.92 Å². The van der Waals surface area contributed by atoms with Gasteiger partial charge in [-0.3, -0.25) is 0 Å². The molecule has 1 N–H and O–H groups in total. The SMILES string of the molecule is CSCCNCc1ccc(C)c(Br)c1. The topological polar surface area (TPSA) is 12.0 Å². The molecular formula is C11H16BrNS. The summed E-state index contributed by atoms with van der Waals surface area (Å²) in [4.78, 5) is 0. The average Bonchev–Trinajstić information content (AvgIpc) is 2.18. The molecule has 0 atom stereocenters. The number of nitrogens with one attached hydrogen (secondary N) is 1. The van der Waals surface area contributed by atoms with Gasteiger partial charge in [-0.05, 0) is 30.4 Å². The molecule has 0 unspecified atom stereocenters. The number of benzene rings is 1. The van der Waals surface area contributed by atoms with Gasteiger partial charge in [0.2, 0.25) is 0 Å². The minimum atomic E-state index is 0.958. The van der Waals surface area contributed by atoms with Gasteiger partial charge in [-0.25, -0.2) is 0 Å². The van der Waals surface area contributed by atoms with Gasteiger partial charge in [-0.2, -0.15) is 11.8 Å². The highest BCUT2D eigenvalue weighted by molar-refractivity contribution is 9.10. The summed E-state index contributed by atoms with van der Waals surface area (Å²) in [6.07, 6.45) is 2.13. The maximum atomic E-state index is 3.54. The van der Waals surface area contributed by atoms with Crippen LogP contribution in [0.25, 0.3) is 0 Å². The van der Waals surface area contributed by atoms with Gasteiger partial charge < -0.3 is 5.32 Å². The van der Waals surface area contributed by atoms with Gasteiger partial charge in [0.1, 0.15) is 0 Å². The van der Waals surface area contributed by atoms with Gasteiger partial charge in [0, 0.05) is 23.3 Å². The normalized spacial score (nSPS) is 10.5. The van der Waals surface area contributed by atoms with E-state index in [0.717, 1.165) is 13.1 Å². The van der Waals surface area contributed by atoms with Crippen molar-refractivity contribution in [2.45, 2.75) is 13.5 Å². The van der Waals surface area contributed by atoms with Crippen LogP contribution in [0.4, 0.5) is 0 Å². The van der Waals surface area contributed by atoms with Crippen LogP contribution in [0.1, 0.15) is 11.1 Å². The zero-order valence-corrected chi connectivity index (χ0v) is 11.0. The predicted molar refractivity (Wildman–Crippen MR) is 69.0 cm³/mol. The molecule has 0 amide bonds. The Balaban J connectivity index is 2.39. The fraction of sp³-hybridized carbons (Fsp3) is 0.455. The van der Waals surface area contributed by atoms with Crippen molar-refractivity contribution in [3.63, 3.8) is 0 Å². The van der Waals surface area contributed by atoms with Crippen molar-refractivity contribution in [2.75, 3.05) is 18.6 Å². The van der Waals surface area contributed by atoms with Crippen molar-refractivity contribution in [3.8, 4) is 0 Å². The molecule has 0 aliphatic rings. The van der Waals surface area contributed by atoms with E-state index < -0.39 is 0 Å². The van der Waals surface area contributed by atoms with Crippen molar-refractivity contribution in [3.05, 3.63) is 33.8 Å². The lowest BCUT2D eigenvalue weighted by atomic mass is 10.1. The lowest BCUT2D eigenvalue weighted by Crippen LogP contribution is -2.16. The van der Waals surface area contributed by atoms with E-state index in [0.29, 0.717) is 0 Å². The molecule has 1 aromatic rings. The van der Waals surface area contributed by atoms with Gasteiger partial charge in [-0.1, -0.05) is 28.1 Å². The summed E-state index contributed by atoms with van der Waals surface area (Å²) in [6.45, 7) is 4.14. The Morgan fingerprint density at radius 3 is 2.86 bits per heavy atom. The molecule has 0 radical (unpaired) electrons. The Morgan fingerprint density at radius 2 is 2.21 bits per heavy atom. The molecule has 78 valence electrons. The van der Waals surface area contributed by atoms with Crippen molar-refractivity contribution < 1.29 is 0 Å². The third-order valence-electron chi connectivity index (χ3n) is 2.05. The number of aryl methyl sites for hydroxylation is 1. The highest BCUT2D eigenvalue weighted by Gasteiger charge is 1.96. The average molecular weight is 274 g/mol. The molecule has 0 aliphatic carbocycles. The Kier molecular flexibility index (Phi) is 5.60. The third-order valence-corrected chi connectivity index (χ3v) is 3.52. The molecule has 14 heavy (non-hydrogen) atoms. The largest absolute Gasteiger partial charge is 0.312 e. The van der Waals surface area contributed by atoms with Gasteiger partial charge in [0.25, 0.3) is 0 Å². The minimum absolute atomic E-state index is 0.958. The monoisotopic (exact) mass is 273 g/mol. The van der Waals surface area contributed by atoms with Crippen LogP contribution in [-0.4, -0.2) is 18.6 Å². The second kappa shape index (κ2) is 6.49. The van der Waals surface area contributed by atoms with Crippen molar-refractivity contribution >= 4 is 27.7 Å². The molecule has 0 spiro atoms. The molecule has 0 saturated carbocycles. The number of hydrogen-bond acceptors (Lipinski definition) is 2. The van der Waals surface area contributed by atoms with E-state index in [9.17, 15) is 0 Å². The first kappa shape index (κ1) is 12.1. The molecule has 0 saturated heterocycles. The Bertz CT molecular complexity index is 289. The summed E-state index contributed by atoms with van der Waals surface area (Å²) in [5.41, 5.74) is 2.63. The molecule has 0 aliphatic heterocycles. The first-order valence-corrected chi connectivity index (χ1v) is 6.87. The Hall–Kier alpha value is 0.01000. The van der Waals surface area contributed by atoms with E-state index in [4.69, 9.17) is 0 Å². The quantitative estimate of drug-likeness (QED) is 0.827. The lowest BCUT2D eigenvalue weighted by Gasteiger charge is -2.05. The van der Waals surface area contributed by atoms with Gasteiger partial charge in [0.05, 0.1) is 0 Å². The number of halogens is 1. The first-order chi connectivity index (χ1) is 6.74. The van der Waals surface area contributed by atoms with Crippen LogP contribution in [0.15, 0.2) is 22.7 Å². The van der Waals surface area contributed by atoms with E-state index >= 15 is 0 Å². The predicted octanol–water partition coefficient (Wildman–Crippen LogP) is 3.21. The first-order valence-electron chi connectivity index (χ1n) is 4.68. The zero-order valence-electron chi connectivity index (χ0n) is 8.64. The van der Waals surface area contributed by atoms with Gasteiger partial charge >= 0.3 is 0 Å². The minimum Gasteiger partial charge on any atom is -0.312 e. The highest BCUT2D eigenvalue weighted by Crippen LogP contribution is 2.17. The fourth-order valence-electron chi connectivity index (χ4n) is 1.15. The van der Waals surface area contributed by atoms with Crippen LogP contribution in [0.5, 0.6) is 0 Å². The lowest BCUT2D eigenvalue weighted by molar-refractivity contribution is 0.732. The van der Waals surface area contributed by atoms with Crippen LogP contribution < -0.4 is 5.32 Å². The van der Waals surface area contributed by atoms with E-state index in [2.05, 4.69) is 52.6 Å². The van der Waals surface area contributed by atoms with Gasteiger partial charge in [-0.15, -0.1) is 0 Å². The summed E-state index contributed by atoms with van der Waals surface area (Å²) in [5.74, 6) is 1.17. The molecule has 1 rings (SSSR count). The molecule has 0 aromatic heterocycles. The zero-order chi connectivity index (χ0) is 10.4. The Morgan fingerprint density at radius 1 is 1.43 bits per heavy atom. The summed E-state index contributed by atoms with van der Waals surface area (Å²) in [6, 6.07) is 6.50. The second-order valence-electron chi connectivity index (χ2n) is 3.25. The van der Waals surface area contributed by atoms with Crippen molar-refractivity contribution in [1.29, 1.82) is 0 Å². The van der Waals surface area contributed by atoms with Gasteiger partial charge in [0.15, 0.2) is 0 Å². The van der Waals surface area contributed by atoms with Crippen molar-refractivity contribution in [2.24, 2.45) is 0 Å². The van der Waals surface area contributed by atoms with Crippen LogP contribution in [0.2, 0.25) is 0 Å². The summed E-state index contributed by atoms with van der Waals surface area (Å²) < 4.78 is 1.20. The second-order valence-corrected chi connectivity index (χ2v) is 5.09. The van der Waals surface area contributed by atoms with E-state index in [1.165, 1.54) is 21.4 Å². The highest BCUT2D eigenvalue weighted by atomic mass is 79.9. The molecule has 1 nitrogen and oxygen atoms in total. The Labute approximate surface area is 98.8 Å². The number of hydrogen-bond donors (Lipinski definition) is 1. The number of thioether (sulfide) groups is 1. The molecule has 0 heterocycles. The summed E-state index contributed by atoms with van der Waals surface area (Å²) >= 11 is 5.41. The summed E-state index contributed by atoms with van der Waals surface area (Å²) in [5, 5.41) is 3.41. The fourth-order valence-corrected chi connectivity index (χ4v) is 1.93.